The van der Waals surface area contributed by atoms with Crippen LogP contribution in [0.1, 0.15) is 18.5 Å². The van der Waals surface area contributed by atoms with Gasteiger partial charge >= 0.3 is 5.97 Å². The van der Waals surface area contributed by atoms with Gasteiger partial charge in [0.25, 0.3) is 10.0 Å². The number of hydrogen-bond acceptors (Lipinski definition) is 4. The Morgan fingerprint density at radius 2 is 1.96 bits per heavy atom. The van der Waals surface area contributed by atoms with Crippen LogP contribution in [0.3, 0.4) is 0 Å². The number of aromatic nitrogens is 1. The van der Waals surface area contributed by atoms with Crippen molar-refractivity contribution in [1.82, 2.24) is 3.97 Å². The minimum Gasteiger partial charge on any atom is -0.497 e. The zero-order valence-electron chi connectivity index (χ0n) is 14.6. The fourth-order valence-electron chi connectivity index (χ4n) is 2.96. The number of methoxy groups -OCH3 is 1. The minimum atomic E-state index is -3.90. The van der Waals surface area contributed by atoms with Gasteiger partial charge in [-0.1, -0.05) is 17.7 Å². The van der Waals surface area contributed by atoms with E-state index in [1.165, 1.54) is 23.2 Å². The summed E-state index contributed by atoms with van der Waals surface area (Å²) in [6, 6.07) is 12.9. The molecule has 0 fully saturated rings. The van der Waals surface area contributed by atoms with E-state index in [1.807, 2.05) is 0 Å². The van der Waals surface area contributed by atoms with Gasteiger partial charge in [0.2, 0.25) is 0 Å². The van der Waals surface area contributed by atoms with Crippen LogP contribution in [0.4, 0.5) is 0 Å². The number of nitrogens with zero attached hydrogens (tertiary/aromatic N) is 1. The smallest absolute Gasteiger partial charge is 0.303 e. The molecular formula is C19H18ClNO5S. The number of hydrogen-bond donors (Lipinski definition) is 1. The number of fused-ring (bicyclic) bond motifs is 1. The van der Waals surface area contributed by atoms with Crippen molar-refractivity contribution in [2.45, 2.75) is 24.2 Å². The van der Waals surface area contributed by atoms with E-state index in [1.54, 1.807) is 36.4 Å². The lowest BCUT2D eigenvalue weighted by molar-refractivity contribution is -0.137. The summed E-state index contributed by atoms with van der Waals surface area (Å²) < 4.78 is 33.1. The lowest BCUT2D eigenvalue weighted by Gasteiger charge is -2.13. The summed E-state index contributed by atoms with van der Waals surface area (Å²) in [4.78, 5) is 10.9. The molecule has 3 rings (SSSR count). The van der Waals surface area contributed by atoms with E-state index in [0.717, 1.165) is 0 Å². The maximum absolute atomic E-state index is 13.3. The highest BCUT2D eigenvalue weighted by Gasteiger charge is 2.23. The summed E-state index contributed by atoms with van der Waals surface area (Å²) in [6.45, 7) is 0. The fourth-order valence-corrected chi connectivity index (χ4v) is 4.75. The molecule has 1 heterocycles. The van der Waals surface area contributed by atoms with Crippen LogP contribution in [-0.2, 0) is 21.2 Å². The first-order valence-corrected chi connectivity index (χ1v) is 10.1. The lowest BCUT2D eigenvalue weighted by atomic mass is 10.2. The number of ether oxygens (including phenoxy) is 1. The molecule has 0 aliphatic heterocycles. The Bertz CT molecular complexity index is 1100. The monoisotopic (exact) mass is 407 g/mol. The van der Waals surface area contributed by atoms with E-state index in [2.05, 4.69) is 0 Å². The van der Waals surface area contributed by atoms with Gasteiger partial charge in [-0.25, -0.2) is 12.4 Å². The first kappa shape index (κ1) is 19.3. The van der Waals surface area contributed by atoms with E-state index < -0.39 is 16.0 Å². The molecule has 27 heavy (non-hydrogen) atoms. The number of benzene rings is 2. The van der Waals surface area contributed by atoms with Crippen molar-refractivity contribution in [2.24, 2.45) is 0 Å². The average Bonchev–Trinajstić information content (AvgIpc) is 2.99. The van der Waals surface area contributed by atoms with Crippen molar-refractivity contribution < 1.29 is 23.1 Å². The van der Waals surface area contributed by atoms with Crippen molar-refractivity contribution in [1.29, 1.82) is 0 Å². The van der Waals surface area contributed by atoms with E-state index >= 15 is 0 Å². The molecular weight excluding hydrogens is 390 g/mol. The number of carboxylic acids is 1. The normalized spacial score (nSPS) is 11.6. The molecule has 1 aromatic heterocycles. The summed E-state index contributed by atoms with van der Waals surface area (Å²) in [6.07, 6.45) is 0.594. The molecule has 2 aromatic carbocycles. The molecule has 0 radical (unpaired) electrons. The number of carbonyl (C=O) groups is 1. The molecule has 0 aliphatic rings. The third kappa shape index (κ3) is 3.94. The van der Waals surface area contributed by atoms with Crippen LogP contribution in [0.2, 0.25) is 5.02 Å². The van der Waals surface area contributed by atoms with Gasteiger partial charge < -0.3 is 9.84 Å². The molecule has 0 saturated heterocycles. The zero-order valence-corrected chi connectivity index (χ0v) is 16.1. The summed E-state index contributed by atoms with van der Waals surface area (Å²) in [7, 11) is -2.43. The summed E-state index contributed by atoms with van der Waals surface area (Å²) in [5.41, 5.74) is 1.00. The van der Waals surface area contributed by atoms with Crippen LogP contribution in [0, 0.1) is 0 Å². The number of aryl methyl sites for hydroxylation is 1. The fraction of sp³-hybridized carbons (Fsp3) is 0.211. The second-order valence-corrected chi connectivity index (χ2v) is 8.26. The van der Waals surface area contributed by atoms with Crippen molar-refractivity contribution in [3.63, 3.8) is 0 Å². The van der Waals surface area contributed by atoms with Crippen molar-refractivity contribution in [2.75, 3.05) is 7.11 Å². The number of aliphatic carboxylic acids is 1. The number of halogens is 1. The van der Waals surface area contributed by atoms with Crippen LogP contribution >= 0.6 is 11.6 Å². The van der Waals surface area contributed by atoms with Crippen LogP contribution in [0.15, 0.2) is 53.4 Å². The Kier molecular flexibility index (Phi) is 5.43. The third-order valence-corrected chi connectivity index (χ3v) is 6.19. The predicted octanol–water partition coefficient (Wildman–Crippen LogP) is 3.95. The second-order valence-electron chi connectivity index (χ2n) is 6.03. The molecule has 0 amide bonds. The highest BCUT2D eigenvalue weighted by Crippen LogP contribution is 2.29. The molecule has 3 aromatic rings. The molecule has 142 valence electrons. The first-order chi connectivity index (χ1) is 12.8. The summed E-state index contributed by atoms with van der Waals surface area (Å²) >= 11 is 6.04. The number of carboxylic acid groups (broad SMARTS) is 1. The Balaban J connectivity index is 2.16. The molecule has 6 nitrogen and oxygen atoms in total. The van der Waals surface area contributed by atoms with Gasteiger partial charge in [0.05, 0.1) is 17.5 Å². The maximum atomic E-state index is 13.3. The van der Waals surface area contributed by atoms with Gasteiger partial charge in [-0.3, -0.25) is 4.79 Å². The quantitative estimate of drug-likeness (QED) is 0.641. The standard InChI is InChI=1S/C19H18ClNO5S/c1-26-16-5-3-6-17(12-16)27(24,25)21-15(4-2-7-19(22)23)11-13-10-14(20)8-9-18(13)21/h3,5-6,8-12H,2,4,7H2,1H3,(H,22,23). The van der Waals surface area contributed by atoms with Gasteiger partial charge in [0.1, 0.15) is 5.75 Å². The van der Waals surface area contributed by atoms with Gasteiger partial charge in [-0.15, -0.1) is 0 Å². The molecule has 0 unspecified atom stereocenters. The van der Waals surface area contributed by atoms with Gasteiger partial charge in [0.15, 0.2) is 0 Å². The van der Waals surface area contributed by atoms with Crippen molar-refractivity contribution in [3.05, 3.63) is 59.2 Å². The topological polar surface area (TPSA) is 85.6 Å². The molecule has 0 spiro atoms. The predicted molar refractivity (Wildman–Crippen MR) is 103 cm³/mol. The molecule has 8 heteroatoms. The zero-order chi connectivity index (χ0) is 19.6. The summed E-state index contributed by atoms with van der Waals surface area (Å²) in [5.74, 6) is -0.487. The van der Waals surface area contributed by atoms with Gasteiger partial charge in [-0.2, -0.15) is 0 Å². The van der Waals surface area contributed by atoms with E-state index in [-0.39, 0.29) is 11.3 Å². The van der Waals surface area contributed by atoms with Crippen molar-refractivity contribution >= 4 is 38.5 Å². The largest absolute Gasteiger partial charge is 0.497 e. The van der Waals surface area contributed by atoms with Crippen LogP contribution in [0.5, 0.6) is 5.75 Å². The SMILES string of the molecule is COc1cccc(S(=O)(=O)n2c(CCCC(=O)O)cc3cc(Cl)ccc32)c1. The van der Waals surface area contributed by atoms with E-state index in [4.69, 9.17) is 21.4 Å². The molecule has 0 saturated carbocycles. The highest BCUT2D eigenvalue weighted by atomic mass is 35.5. The van der Waals surface area contributed by atoms with Crippen LogP contribution < -0.4 is 4.74 Å². The van der Waals surface area contributed by atoms with E-state index in [9.17, 15) is 13.2 Å². The minimum absolute atomic E-state index is 0.0402. The molecule has 0 atom stereocenters. The highest BCUT2D eigenvalue weighted by molar-refractivity contribution is 7.90. The van der Waals surface area contributed by atoms with Crippen molar-refractivity contribution in [3.8, 4) is 5.75 Å². The second kappa shape index (κ2) is 7.62. The number of rotatable bonds is 7. The Labute approximate surface area is 162 Å². The Hall–Kier alpha value is -2.51. The summed E-state index contributed by atoms with van der Waals surface area (Å²) in [5, 5.41) is 10.1. The van der Waals surface area contributed by atoms with Crippen LogP contribution in [0.25, 0.3) is 10.9 Å². The van der Waals surface area contributed by atoms with Crippen LogP contribution in [-0.4, -0.2) is 30.6 Å². The average molecular weight is 408 g/mol. The maximum Gasteiger partial charge on any atom is 0.303 e. The molecule has 0 bridgehead atoms. The van der Waals surface area contributed by atoms with E-state index in [0.29, 0.717) is 40.2 Å². The molecule has 1 N–H and O–H groups in total. The third-order valence-electron chi connectivity index (χ3n) is 4.19. The first-order valence-electron chi connectivity index (χ1n) is 8.24. The lowest BCUT2D eigenvalue weighted by Crippen LogP contribution is -2.16. The van der Waals surface area contributed by atoms with Gasteiger partial charge in [0, 0.05) is 28.6 Å². The Morgan fingerprint density at radius 3 is 2.67 bits per heavy atom. The molecule has 0 aliphatic carbocycles. The van der Waals surface area contributed by atoms with Gasteiger partial charge in [-0.05, 0) is 49.2 Å². The Morgan fingerprint density at radius 1 is 1.19 bits per heavy atom.